The number of nitrogens with zero attached hydrogens (tertiary/aromatic N) is 2. The molecule has 2 amide bonds. The van der Waals surface area contributed by atoms with Gasteiger partial charge in [0.15, 0.2) is 0 Å². The number of rotatable bonds is 8. The van der Waals surface area contributed by atoms with Crippen LogP contribution in [-0.2, 0) is 9.59 Å². The predicted molar refractivity (Wildman–Crippen MR) is 91.1 cm³/mol. The Labute approximate surface area is 143 Å². The fourth-order valence-electron chi connectivity index (χ4n) is 2.94. The predicted octanol–water partition coefficient (Wildman–Crippen LogP) is 1.80. The maximum atomic E-state index is 12.8. The third-order valence-electron chi connectivity index (χ3n) is 4.37. The second-order valence-electron chi connectivity index (χ2n) is 6.26. The maximum Gasteiger partial charge on any atom is 0.248 e. The summed E-state index contributed by atoms with van der Waals surface area (Å²) < 4.78 is 0. The number of amides is 2. The van der Waals surface area contributed by atoms with Crippen LogP contribution >= 0.6 is 0 Å². The van der Waals surface area contributed by atoms with E-state index in [0.29, 0.717) is 25.1 Å². The van der Waals surface area contributed by atoms with Crippen molar-refractivity contribution in [2.24, 2.45) is 0 Å². The van der Waals surface area contributed by atoms with Crippen LogP contribution in [0.1, 0.15) is 57.1 Å². The highest BCUT2D eigenvalue weighted by Crippen LogP contribution is 2.20. The van der Waals surface area contributed by atoms with Crippen molar-refractivity contribution in [1.29, 1.82) is 0 Å². The minimum Gasteiger partial charge on any atom is -0.386 e. The maximum absolute atomic E-state index is 12.8. The normalized spacial score (nSPS) is 16.7. The van der Waals surface area contributed by atoms with Gasteiger partial charge in [-0.1, -0.05) is 19.8 Å². The summed E-state index contributed by atoms with van der Waals surface area (Å²) in [4.78, 5) is 30.6. The summed E-state index contributed by atoms with van der Waals surface area (Å²) in [6, 6.07) is 2.38. The number of carbonyl (C=O) groups excluding carboxylic acids is 2. The molecule has 0 spiro atoms. The van der Waals surface area contributed by atoms with Gasteiger partial charge in [0, 0.05) is 31.9 Å². The molecule has 6 heteroatoms. The van der Waals surface area contributed by atoms with E-state index in [1.165, 1.54) is 0 Å². The largest absolute Gasteiger partial charge is 0.386 e. The fraction of sp³-hybridized carbons (Fsp3) is 0.611. The van der Waals surface area contributed by atoms with Crippen molar-refractivity contribution in [2.45, 2.75) is 57.6 Å². The van der Waals surface area contributed by atoms with Crippen LogP contribution < -0.4 is 5.32 Å². The zero-order valence-electron chi connectivity index (χ0n) is 14.3. The van der Waals surface area contributed by atoms with Crippen LogP contribution in [0.4, 0.5) is 0 Å². The molecule has 1 aliphatic rings. The fourth-order valence-corrected chi connectivity index (χ4v) is 2.94. The van der Waals surface area contributed by atoms with Gasteiger partial charge in [0.2, 0.25) is 11.8 Å². The standard InChI is InChI=1S/C18H27N3O3/c1-2-3-4-7-15(22)20-16(18(24)21-12-5-6-13-21)17(23)14-8-10-19-11-9-14/h8-11,16-17,23H,2-7,12-13H2,1H3,(H,20,22)/t16-,17?/m1/s1. The number of unbranched alkanes of at least 4 members (excludes halogenated alkanes) is 2. The smallest absolute Gasteiger partial charge is 0.248 e. The number of aliphatic hydroxyl groups is 1. The first-order valence-electron chi connectivity index (χ1n) is 8.79. The summed E-state index contributed by atoms with van der Waals surface area (Å²) in [6.07, 6.45) is 7.17. The first-order chi connectivity index (χ1) is 11.6. The molecule has 1 fully saturated rings. The summed E-state index contributed by atoms with van der Waals surface area (Å²) in [6.45, 7) is 3.44. The average Bonchev–Trinajstić information content (AvgIpc) is 3.14. The van der Waals surface area contributed by atoms with Crippen LogP contribution in [0.5, 0.6) is 0 Å². The van der Waals surface area contributed by atoms with Gasteiger partial charge in [-0.25, -0.2) is 0 Å². The Morgan fingerprint density at radius 1 is 1.25 bits per heavy atom. The number of pyridine rings is 1. The molecule has 2 N–H and O–H groups in total. The SMILES string of the molecule is CCCCCC(=O)N[C@@H](C(=O)N1CCCC1)C(O)c1ccncc1. The van der Waals surface area contributed by atoms with Crippen LogP contribution in [-0.4, -0.2) is 45.9 Å². The lowest BCUT2D eigenvalue weighted by atomic mass is 10.0. The second-order valence-corrected chi connectivity index (χ2v) is 6.26. The number of aromatic nitrogens is 1. The quantitative estimate of drug-likeness (QED) is 0.711. The molecule has 0 aliphatic carbocycles. The molecule has 0 radical (unpaired) electrons. The molecule has 1 aliphatic heterocycles. The van der Waals surface area contributed by atoms with Crippen molar-refractivity contribution in [1.82, 2.24) is 15.2 Å². The average molecular weight is 333 g/mol. The van der Waals surface area contributed by atoms with E-state index >= 15 is 0 Å². The Hall–Kier alpha value is -1.95. The van der Waals surface area contributed by atoms with Crippen molar-refractivity contribution < 1.29 is 14.7 Å². The number of aliphatic hydroxyl groups excluding tert-OH is 1. The lowest BCUT2D eigenvalue weighted by molar-refractivity contribution is -0.139. The molecule has 132 valence electrons. The molecule has 24 heavy (non-hydrogen) atoms. The second kappa shape index (κ2) is 9.37. The van der Waals surface area contributed by atoms with Crippen molar-refractivity contribution >= 4 is 11.8 Å². The Bertz CT molecular complexity index is 530. The highest BCUT2D eigenvalue weighted by Gasteiger charge is 2.33. The minimum absolute atomic E-state index is 0.186. The topological polar surface area (TPSA) is 82.5 Å². The van der Waals surface area contributed by atoms with Gasteiger partial charge < -0.3 is 15.3 Å². The molecule has 0 aromatic carbocycles. The van der Waals surface area contributed by atoms with Gasteiger partial charge in [0.25, 0.3) is 0 Å². The van der Waals surface area contributed by atoms with Crippen molar-refractivity contribution in [3.8, 4) is 0 Å². The summed E-state index contributed by atoms with van der Waals surface area (Å²) >= 11 is 0. The molecule has 2 rings (SSSR count). The Balaban J connectivity index is 2.08. The van der Waals surface area contributed by atoms with Crippen LogP contribution in [0.2, 0.25) is 0 Å². The van der Waals surface area contributed by atoms with Gasteiger partial charge in [-0.15, -0.1) is 0 Å². The third kappa shape index (κ3) is 5.03. The zero-order valence-corrected chi connectivity index (χ0v) is 14.3. The van der Waals surface area contributed by atoms with Crippen LogP contribution in [0.25, 0.3) is 0 Å². The number of carbonyl (C=O) groups is 2. The number of likely N-dealkylation sites (tertiary alicyclic amines) is 1. The van der Waals surface area contributed by atoms with E-state index in [4.69, 9.17) is 0 Å². The summed E-state index contributed by atoms with van der Waals surface area (Å²) in [5.41, 5.74) is 0.580. The summed E-state index contributed by atoms with van der Waals surface area (Å²) in [5.74, 6) is -0.394. The van der Waals surface area contributed by atoms with Gasteiger partial charge in [0.1, 0.15) is 12.1 Å². The van der Waals surface area contributed by atoms with E-state index in [1.807, 2.05) is 0 Å². The molecule has 1 aromatic heterocycles. The molecule has 0 bridgehead atoms. The number of hydrogen-bond acceptors (Lipinski definition) is 4. The molecular weight excluding hydrogens is 306 g/mol. The van der Waals surface area contributed by atoms with E-state index in [-0.39, 0.29) is 11.8 Å². The van der Waals surface area contributed by atoms with Gasteiger partial charge in [0.05, 0.1) is 0 Å². The highest BCUT2D eigenvalue weighted by atomic mass is 16.3. The third-order valence-corrected chi connectivity index (χ3v) is 4.37. The van der Waals surface area contributed by atoms with E-state index in [0.717, 1.165) is 32.1 Å². The molecule has 2 heterocycles. The van der Waals surface area contributed by atoms with Crippen LogP contribution in [0, 0.1) is 0 Å². The molecule has 1 aromatic rings. The van der Waals surface area contributed by atoms with E-state index < -0.39 is 12.1 Å². The monoisotopic (exact) mass is 333 g/mol. The van der Waals surface area contributed by atoms with Crippen LogP contribution in [0.15, 0.2) is 24.5 Å². The Morgan fingerprint density at radius 2 is 1.92 bits per heavy atom. The first kappa shape index (κ1) is 18.4. The lowest BCUT2D eigenvalue weighted by Crippen LogP contribution is -2.51. The molecule has 2 atom stereocenters. The lowest BCUT2D eigenvalue weighted by Gasteiger charge is -2.28. The number of nitrogens with one attached hydrogen (secondary N) is 1. The van der Waals surface area contributed by atoms with Crippen molar-refractivity contribution in [3.05, 3.63) is 30.1 Å². The van der Waals surface area contributed by atoms with E-state index in [1.54, 1.807) is 29.4 Å². The molecule has 1 saturated heterocycles. The van der Waals surface area contributed by atoms with E-state index in [9.17, 15) is 14.7 Å². The Kier molecular flexibility index (Phi) is 7.18. The highest BCUT2D eigenvalue weighted by molar-refractivity contribution is 5.88. The van der Waals surface area contributed by atoms with E-state index in [2.05, 4.69) is 17.2 Å². The van der Waals surface area contributed by atoms with Crippen molar-refractivity contribution in [3.63, 3.8) is 0 Å². The molecular formula is C18H27N3O3. The minimum atomic E-state index is -1.07. The molecule has 0 saturated carbocycles. The zero-order chi connectivity index (χ0) is 17.4. The van der Waals surface area contributed by atoms with Gasteiger partial charge in [-0.05, 0) is 37.0 Å². The van der Waals surface area contributed by atoms with Gasteiger partial charge >= 0.3 is 0 Å². The number of hydrogen-bond donors (Lipinski definition) is 2. The van der Waals surface area contributed by atoms with Crippen molar-refractivity contribution in [2.75, 3.05) is 13.1 Å². The summed E-state index contributed by atoms with van der Waals surface area (Å²) in [7, 11) is 0. The van der Waals surface area contributed by atoms with Gasteiger partial charge in [-0.2, -0.15) is 0 Å². The first-order valence-corrected chi connectivity index (χ1v) is 8.79. The molecule has 1 unspecified atom stereocenters. The molecule has 6 nitrogen and oxygen atoms in total. The summed E-state index contributed by atoms with van der Waals surface area (Å²) in [5, 5.41) is 13.4. The van der Waals surface area contributed by atoms with Crippen LogP contribution in [0.3, 0.4) is 0 Å². The Morgan fingerprint density at radius 3 is 2.54 bits per heavy atom. The van der Waals surface area contributed by atoms with Gasteiger partial charge in [-0.3, -0.25) is 14.6 Å².